The molecule has 21 heavy (non-hydrogen) atoms. The highest BCUT2D eigenvalue weighted by Crippen LogP contribution is 2.24. The standard InChI is InChI=1S/C16H15BrFNO2/c1-2-8-21-13-5-3-4-11(9-13)16(20)19-15-10-12(18)6-7-14(15)17/h3-7,9-10H,2,8H2,1H3,(H,19,20). The number of halogens is 2. The van der Waals surface area contributed by atoms with Gasteiger partial charge >= 0.3 is 0 Å². The van der Waals surface area contributed by atoms with Gasteiger partial charge in [0, 0.05) is 10.0 Å². The molecule has 0 aliphatic carbocycles. The number of anilines is 1. The van der Waals surface area contributed by atoms with E-state index < -0.39 is 5.82 Å². The Morgan fingerprint density at radius 2 is 2.10 bits per heavy atom. The van der Waals surface area contributed by atoms with Gasteiger partial charge in [0.05, 0.1) is 12.3 Å². The third kappa shape index (κ3) is 4.29. The van der Waals surface area contributed by atoms with Crippen molar-refractivity contribution < 1.29 is 13.9 Å². The number of benzene rings is 2. The van der Waals surface area contributed by atoms with Crippen LogP contribution in [0.5, 0.6) is 5.75 Å². The maximum atomic E-state index is 13.2. The normalized spacial score (nSPS) is 10.2. The zero-order valence-electron chi connectivity index (χ0n) is 11.5. The molecule has 0 aliphatic heterocycles. The Morgan fingerprint density at radius 3 is 2.86 bits per heavy atom. The summed E-state index contributed by atoms with van der Waals surface area (Å²) in [6, 6.07) is 11.0. The minimum atomic E-state index is -0.409. The monoisotopic (exact) mass is 351 g/mol. The maximum Gasteiger partial charge on any atom is 0.255 e. The van der Waals surface area contributed by atoms with Crippen LogP contribution in [0.4, 0.5) is 10.1 Å². The van der Waals surface area contributed by atoms with Gasteiger partial charge in [0.1, 0.15) is 11.6 Å². The molecular formula is C16H15BrFNO2. The van der Waals surface area contributed by atoms with Crippen LogP contribution in [0.3, 0.4) is 0 Å². The first kappa shape index (κ1) is 15.5. The Morgan fingerprint density at radius 1 is 1.29 bits per heavy atom. The van der Waals surface area contributed by atoms with E-state index in [1.807, 2.05) is 6.92 Å². The number of carbonyl (C=O) groups excluding carboxylic acids is 1. The van der Waals surface area contributed by atoms with Crippen LogP contribution in [0.2, 0.25) is 0 Å². The van der Waals surface area contributed by atoms with Crippen LogP contribution in [0.15, 0.2) is 46.9 Å². The molecule has 0 radical (unpaired) electrons. The van der Waals surface area contributed by atoms with Crippen LogP contribution in [-0.2, 0) is 0 Å². The van der Waals surface area contributed by atoms with Crippen LogP contribution >= 0.6 is 15.9 Å². The number of rotatable bonds is 5. The van der Waals surface area contributed by atoms with Gasteiger partial charge < -0.3 is 10.1 Å². The summed E-state index contributed by atoms with van der Waals surface area (Å²) in [5.41, 5.74) is 0.847. The van der Waals surface area contributed by atoms with Gasteiger partial charge in [-0.3, -0.25) is 4.79 Å². The summed E-state index contributed by atoms with van der Waals surface area (Å²) in [6.45, 7) is 2.61. The molecule has 0 unspecified atom stereocenters. The topological polar surface area (TPSA) is 38.3 Å². The van der Waals surface area contributed by atoms with Crippen molar-refractivity contribution >= 4 is 27.5 Å². The fourth-order valence-corrected chi connectivity index (χ4v) is 2.08. The van der Waals surface area contributed by atoms with Crippen molar-refractivity contribution in [2.75, 3.05) is 11.9 Å². The smallest absolute Gasteiger partial charge is 0.255 e. The summed E-state index contributed by atoms with van der Waals surface area (Å²) >= 11 is 3.27. The van der Waals surface area contributed by atoms with Gasteiger partial charge in [-0.15, -0.1) is 0 Å². The molecule has 1 amide bonds. The van der Waals surface area contributed by atoms with Crippen LogP contribution in [0.25, 0.3) is 0 Å². The van der Waals surface area contributed by atoms with E-state index in [4.69, 9.17) is 4.74 Å². The number of nitrogens with one attached hydrogen (secondary N) is 1. The van der Waals surface area contributed by atoms with E-state index in [-0.39, 0.29) is 5.91 Å². The molecule has 0 heterocycles. The Kier molecular flexibility index (Phi) is 5.33. The molecule has 110 valence electrons. The summed E-state index contributed by atoms with van der Waals surface area (Å²) < 4.78 is 19.3. The van der Waals surface area contributed by atoms with E-state index in [2.05, 4.69) is 21.2 Å². The van der Waals surface area contributed by atoms with Crippen molar-refractivity contribution in [3.05, 3.63) is 58.3 Å². The molecule has 0 aromatic heterocycles. The zero-order chi connectivity index (χ0) is 15.2. The quantitative estimate of drug-likeness (QED) is 0.852. The highest BCUT2D eigenvalue weighted by atomic mass is 79.9. The molecule has 2 aromatic rings. The summed E-state index contributed by atoms with van der Waals surface area (Å²) in [5, 5.41) is 2.67. The molecule has 5 heteroatoms. The lowest BCUT2D eigenvalue weighted by atomic mass is 10.2. The Hall–Kier alpha value is -1.88. The Balaban J connectivity index is 2.14. The summed E-state index contributed by atoms with van der Waals surface area (Å²) in [4.78, 5) is 12.2. The van der Waals surface area contributed by atoms with Gasteiger partial charge in [-0.2, -0.15) is 0 Å². The first-order valence-corrected chi connectivity index (χ1v) is 7.38. The van der Waals surface area contributed by atoms with Crippen LogP contribution in [-0.4, -0.2) is 12.5 Å². The van der Waals surface area contributed by atoms with Crippen molar-refractivity contribution in [1.82, 2.24) is 0 Å². The fourth-order valence-electron chi connectivity index (χ4n) is 1.73. The van der Waals surface area contributed by atoms with Gasteiger partial charge in [-0.1, -0.05) is 13.0 Å². The van der Waals surface area contributed by atoms with E-state index in [9.17, 15) is 9.18 Å². The Labute approximate surface area is 131 Å². The number of amides is 1. The lowest BCUT2D eigenvalue weighted by molar-refractivity contribution is 0.102. The van der Waals surface area contributed by atoms with Crippen molar-refractivity contribution in [3.8, 4) is 5.75 Å². The second-order valence-electron chi connectivity index (χ2n) is 4.45. The molecule has 0 saturated carbocycles. The average Bonchev–Trinajstić information content (AvgIpc) is 2.49. The zero-order valence-corrected chi connectivity index (χ0v) is 13.1. The van der Waals surface area contributed by atoms with Crippen LogP contribution < -0.4 is 10.1 Å². The van der Waals surface area contributed by atoms with E-state index in [1.54, 1.807) is 30.3 Å². The van der Waals surface area contributed by atoms with Gasteiger partial charge in [-0.05, 0) is 58.7 Å². The summed E-state index contributed by atoms with van der Waals surface area (Å²) in [7, 11) is 0. The predicted molar refractivity (Wildman–Crippen MR) is 84.3 cm³/mol. The predicted octanol–water partition coefficient (Wildman–Crippen LogP) is 4.63. The SMILES string of the molecule is CCCOc1cccc(C(=O)Nc2cc(F)ccc2Br)c1. The summed E-state index contributed by atoms with van der Waals surface area (Å²) in [6.07, 6.45) is 0.895. The van der Waals surface area contributed by atoms with Gasteiger partial charge in [0.15, 0.2) is 0 Å². The number of ether oxygens (including phenoxy) is 1. The third-order valence-corrected chi connectivity index (χ3v) is 3.44. The average molecular weight is 352 g/mol. The molecule has 0 bridgehead atoms. The molecule has 1 N–H and O–H groups in total. The summed E-state index contributed by atoms with van der Waals surface area (Å²) in [5.74, 6) is -0.0837. The van der Waals surface area contributed by atoms with Crippen molar-refractivity contribution in [2.45, 2.75) is 13.3 Å². The highest BCUT2D eigenvalue weighted by molar-refractivity contribution is 9.10. The number of hydrogen-bond acceptors (Lipinski definition) is 2. The minimum absolute atomic E-state index is 0.316. The molecule has 0 spiro atoms. The first-order valence-electron chi connectivity index (χ1n) is 6.59. The molecule has 0 saturated heterocycles. The van der Waals surface area contributed by atoms with E-state index >= 15 is 0 Å². The number of carbonyl (C=O) groups is 1. The maximum absolute atomic E-state index is 13.2. The molecule has 0 aliphatic rings. The highest BCUT2D eigenvalue weighted by Gasteiger charge is 2.10. The second-order valence-corrected chi connectivity index (χ2v) is 5.31. The molecular weight excluding hydrogens is 337 g/mol. The van der Waals surface area contributed by atoms with Crippen molar-refractivity contribution in [1.29, 1.82) is 0 Å². The first-order chi connectivity index (χ1) is 10.1. The lowest BCUT2D eigenvalue weighted by Crippen LogP contribution is -2.12. The molecule has 3 nitrogen and oxygen atoms in total. The van der Waals surface area contributed by atoms with Crippen molar-refractivity contribution in [2.24, 2.45) is 0 Å². The molecule has 0 fully saturated rings. The van der Waals surface area contributed by atoms with E-state index in [1.165, 1.54) is 12.1 Å². The third-order valence-electron chi connectivity index (χ3n) is 2.75. The van der Waals surface area contributed by atoms with Gasteiger partial charge in [0.25, 0.3) is 5.91 Å². The largest absolute Gasteiger partial charge is 0.494 e. The number of hydrogen-bond donors (Lipinski definition) is 1. The molecule has 2 rings (SSSR count). The van der Waals surface area contributed by atoms with E-state index in [0.717, 1.165) is 6.42 Å². The van der Waals surface area contributed by atoms with Crippen LogP contribution in [0, 0.1) is 5.82 Å². The Bertz CT molecular complexity index is 646. The molecule has 0 atom stereocenters. The second kappa shape index (κ2) is 7.22. The fraction of sp³-hybridized carbons (Fsp3) is 0.188. The minimum Gasteiger partial charge on any atom is -0.494 e. The van der Waals surface area contributed by atoms with Crippen molar-refractivity contribution in [3.63, 3.8) is 0 Å². The van der Waals surface area contributed by atoms with Crippen LogP contribution in [0.1, 0.15) is 23.7 Å². The molecule has 2 aromatic carbocycles. The van der Waals surface area contributed by atoms with E-state index in [0.29, 0.717) is 28.1 Å². The lowest BCUT2D eigenvalue weighted by Gasteiger charge is -2.09. The van der Waals surface area contributed by atoms with Gasteiger partial charge in [0.2, 0.25) is 0 Å². The van der Waals surface area contributed by atoms with Gasteiger partial charge in [-0.25, -0.2) is 4.39 Å².